The van der Waals surface area contributed by atoms with Crippen molar-refractivity contribution in [3.05, 3.63) is 23.4 Å². The molecule has 0 spiro atoms. The van der Waals surface area contributed by atoms with E-state index in [9.17, 15) is 4.39 Å². The molecule has 0 aliphatic rings. The molecule has 0 aliphatic heterocycles. The molecule has 0 unspecified atom stereocenters. The summed E-state index contributed by atoms with van der Waals surface area (Å²) >= 11 is 2.10. The first kappa shape index (κ1) is 8.86. The number of rotatable bonds is 0. The van der Waals surface area contributed by atoms with E-state index in [-0.39, 0.29) is 5.82 Å². The molecule has 68 valence electrons. The molecule has 2 heterocycles. The molecule has 2 aromatic heterocycles. The Labute approximate surface area is 88.5 Å². The summed E-state index contributed by atoms with van der Waals surface area (Å²) in [6.45, 7) is 3.51. The molecular weight excluding hydrogens is 284 g/mol. The van der Waals surface area contributed by atoms with Gasteiger partial charge in [-0.2, -0.15) is 0 Å². The van der Waals surface area contributed by atoms with E-state index in [0.29, 0.717) is 11.2 Å². The molecule has 2 aromatic rings. The summed E-state index contributed by atoms with van der Waals surface area (Å²) in [5, 5.41) is 0. The zero-order chi connectivity index (χ0) is 9.59. The van der Waals surface area contributed by atoms with E-state index < -0.39 is 0 Å². The van der Waals surface area contributed by atoms with Crippen LogP contribution in [0.3, 0.4) is 0 Å². The molecule has 0 radical (unpaired) electrons. The maximum atomic E-state index is 13.1. The van der Waals surface area contributed by atoms with E-state index in [2.05, 4.69) is 32.8 Å². The lowest BCUT2D eigenvalue weighted by molar-refractivity contribution is 0.612. The standard InChI is InChI=1S/C8H7FIN3/c1-4-6(9)3-7-8(11-4)13(10)5(2)12-7/h3H,1-2H3. The van der Waals surface area contributed by atoms with E-state index in [1.165, 1.54) is 6.07 Å². The maximum absolute atomic E-state index is 13.1. The van der Waals surface area contributed by atoms with Crippen molar-refractivity contribution in [1.29, 1.82) is 0 Å². The summed E-state index contributed by atoms with van der Waals surface area (Å²) in [7, 11) is 0. The van der Waals surface area contributed by atoms with Crippen molar-refractivity contribution < 1.29 is 4.39 Å². The minimum atomic E-state index is -0.304. The highest BCUT2D eigenvalue weighted by molar-refractivity contribution is 14.1. The molecule has 0 N–H and O–H groups in total. The van der Waals surface area contributed by atoms with E-state index in [1.807, 2.05) is 9.70 Å². The first-order valence-electron chi connectivity index (χ1n) is 3.78. The van der Waals surface area contributed by atoms with Crippen molar-refractivity contribution >= 4 is 34.0 Å². The molecule has 0 aliphatic carbocycles. The fourth-order valence-corrected chi connectivity index (χ4v) is 1.62. The van der Waals surface area contributed by atoms with Crippen LogP contribution < -0.4 is 0 Å². The Morgan fingerprint density at radius 3 is 2.77 bits per heavy atom. The number of hydrogen-bond acceptors (Lipinski definition) is 2. The fraction of sp³-hybridized carbons (Fsp3) is 0.250. The summed E-state index contributed by atoms with van der Waals surface area (Å²) in [5.74, 6) is 0.523. The number of imidazole rings is 1. The molecule has 0 bridgehead atoms. The molecule has 0 amide bonds. The number of aromatic nitrogens is 3. The third-order valence-corrected chi connectivity index (χ3v) is 3.02. The first-order valence-corrected chi connectivity index (χ1v) is 4.74. The average Bonchev–Trinajstić information content (AvgIpc) is 2.32. The van der Waals surface area contributed by atoms with Crippen LogP contribution in [-0.4, -0.2) is 12.7 Å². The minimum absolute atomic E-state index is 0.304. The topological polar surface area (TPSA) is 30.7 Å². The van der Waals surface area contributed by atoms with Crippen LogP contribution in [0.15, 0.2) is 6.07 Å². The Kier molecular flexibility index (Phi) is 1.98. The zero-order valence-corrected chi connectivity index (χ0v) is 9.33. The third kappa shape index (κ3) is 1.31. The highest BCUT2D eigenvalue weighted by Crippen LogP contribution is 2.18. The van der Waals surface area contributed by atoms with Crippen LogP contribution in [-0.2, 0) is 0 Å². The van der Waals surface area contributed by atoms with E-state index in [1.54, 1.807) is 6.92 Å². The SMILES string of the molecule is Cc1nc2c(cc1F)nc(C)n2I. The molecule has 3 nitrogen and oxygen atoms in total. The van der Waals surface area contributed by atoms with Gasteiger partial charge < -0.3 is 0 Å². The van der Waals surface area contributed by atoms with Crippen molar-refractivity contribution in [3.8, 4) is 0 Å². The number of aryl methyl sites for hydroxylation is 2. The molecule has 2 rings (SSSR count). The van der Waals surface area contributed by atoms with E-state index >= 15 is 0 Å². The Morgan fingerprint density at radius 2 is 2.08 bits per heavy atom. The predicted octanol–water partition coefficient (Wildman–Crippen LogP) is 2.39. The van der Waals surface area contributed by atoms with Gasteiger partial charge in [-0.3, -0.25) is 2.78 Å². The van der Waals surface area contributed by atoms with Gasteiger partial charge in [-0.05, 0) is 13.8 Å². The average molecular weight is 291 g/mol. The highest BCUT2D eigenvalue weighted by atomic mass is 127. The van der Waals surface area contributed by atoms with Crippen LogP contribution in [0, 0.1) is 19.7 Å². The molecule has 0 aromatic carbocycles. The van der Waals surface area contributed by atoms with Crippen molar-refractivity contribution in [1.82, 2.24) is 12.7 Å². The smallest absolute Gasteiger partial charge is 0.169 e. The van der Waals surface area contributed by atoms with Gasteiger partial charge in [0.15, 0.2) is 5.65 Å². The third-order valence-electron chi connectivity index (χ3n) is 1.86. The van der Waals surface area contributed by atoms with Gasteiger partial charge >= 0.3 is 0 Å². The maximum Gasteiger partial charge on any atom is 0.169 e. The van der Waals surface area contributed by atoms with Gasteiger partial charge in [-0.25, -0.2) is 14.4 Å². The van der Waals surface area contributed by atoms with E-state index in [0.717, 1.165) is 11.5 Å². The van der Waals surface area contributed by atoms with Crippen molar-refractivity contribution in [3.63, 3.8) is 0 Å². The van der Waals surface area contributed by atoms with Crippen LogP contribution in [0.4, 0.5) is 4.39 Å². The summed E-state index contributed by atoms with van der Waals surface area (Å²) in [6.07, 6.45) is 0. The van der Waals surface area contributed by atoms with Gasteiger partial charge in [-0.1, -0.05) is 0 Å². The normalized spacial score (nSPS) is 11.1. The zero-order valence-electron chi connectivity index (χ0n) is 7.17. The molecule has 0 atom stereocenters. The van der Waals surface area contributed by atoms with Gasteiger partial charge in [0.2, 0.25) is 0 Å². The van der Waals surface area contributed by atoms with Crippen LogP contribution in [0.25, 0.3) is 11.2 Å². The number of nitrogens with zero attached hydrogens (tertiary/aromatic N) is 3. The Hall–Kier alpha value is -0.720. The monoisotopic (exact) mass is 291 g/mol. The second-order valence-corrected chi connectivity index (χ2v) is 3.80. The molecular formula is C8H7FIN3. The molecule has 0 fully saturated rings. The Bertz CT molecular complexity index is 478. The van der Waals surface area contributed by atoms with Gasteiger partial charge in [0.1, 0.15) is 17.2 Å². The van der Waals surface area contributed by atoms with Crippen LogP contribution in [0.1, 0.15) is 11.5 Å². The summed E-state index contributed by atoms with van der Waals surface area (Å²) < 4.78 is 14.9. The van der Waals surface area contributed by atoms with E-state index in [4.69, 9.17) is 0 Å². The van der Waals surface area contributed by atoms with Gasteiger partial charge in [0.05, 0.1) is 28.6 Å². The number of fused-ring (bicyclic) bond motifs is 1. The quantitative estimate of drug-likeness (QED) is 0.698. The van der Waals surface area contributed by atoms with Gasteiger partial charge in [0, 0.05) is 6.07 Å². The van der Waals surface area contributed by atoms with Crippen molar-refractivity contribution in [2.75, 3.05) is 0 Å². The lowest BCUT2D eigenvalue weighted by Gasteiger charge is -1.96. The molecule has 5 heteroatoms. The molecule has 0 saturated carbocycles. The number of pyridine rings is 1. The lowest BCUT2D eigenvalue weighted by atomic mass is 10.3. The highest BCUT2D eigenvalue weighted by Gasteiger charge is 2.09. The van der Waals surface area contributed by atoms with Crippen LogP contribution >= 0.6 is 22.9 Å². The first-order chi connectivity index (χ1) is 6.09. The second kappa shape index (κ2) is 2.90. The van der Waals surface area contributed by atoms with Crippen molar-refractivity contribution in [2.24, 2.45) is 0 Å². The minimum Gasteiger partial charge on any atom is -0.252 e. The molecule has 0 saturated heterocycles. The largest absolute Gasteiger partial charge is 0.252 e. The Morgan fingerprint density at radius 1 is 1.38 bits per heavy atom. The summed E-state index contributed by atoms with van der Waals surface area (Å²) in [6, 6.07) is 1.42. The second-order valence-electron chi connectivity index (χ2n) is 2.84. The van der Waals surface area contributed by atoms with Gasteiger partial charge in [-0.15, -0.1) is 0 Å². The van der Waals surface area contributed by atoms with Crippen molar-refractivity contribution in [2.45, 2.75) is 13.8 Å². The van der Waals surface area contributed by atoms with Crippen LogP contribution in [0.2, 0.25) is 0 Å². The fourth-order valence-electron chi connectivity index (χ4n) is 1.16. The lowest BCUT2D eigenvalue weighted by Crippen LogP contribution is -1.90. The predicted molar refractivity (Wildman–Crippen MR) is 56.4 cm³/mol. The molecule has 13 heavy (non-hydrogen) atoms. The van der Waals surface area contributed by atoms with Gasteiger partial charge in [0.25, 0.3) is 0 Å². The Balaban J connectivity index is 2.89. The number of hydrogen-bond donors (Lipinski definition) is 0. The van der Waals surface area contributed by atoms with Crippen LogP contribution in [0.5, 0.6) is 0 Å². The number of halogens is 2. The summed E-state index contributed by atoms with van der Waals surface area (Å²) in [5.41, 5.74) is 1.73. The summed E-state index contributed by atoms with van der Waals surface area (Å²) in [4.78, 5) is 8.28.